The van der Waals surface area contributed by atoms with Gasteiger partial charge in [0, 0.05) is 19.5 Å². The van der Waals surface area contributed by atoms with Crippen LogP contribution in [0.15, 0.2) is 42.5 Å². The Hall–Kier alpha value is -3.02. The van der Waals surface area contributed by atoms with Gasteiger partial charge < -0.3 is 19.4 Å². The van der Waals surface area contributed by atoms with Gasteiger partial charge in [0.05, 0.1) is 11.0 Å². The summed E-state index contributed by atoms with van der Waals surface area (Å²) in [5.41, 5.74) is 3.15. The molecule has 0 saturated carbocycles. The van der Waals surface area contributed by atoms with Gasteiger partial charge in [-0.1, -0.05) is 18.2 Å². The number of imidazole rings is 1. The third-order valence-electron chi connectivity index (χ3n) is 4.58. The number of nitrogens with one attached hydrogen (secondary N) is 1. The number of ether oxygens (including phenoxy) is 2. The van der Waals surface area contributed by atoms with Crippen molar-refractivity contribution in [3.63, 3.8) is 0 Å². The summed E-state index contributed by atoms with van der Waals surface area (Å²) < 4.78 is 12.8. The Bertz CT molecular complexity index is 949. The first-order chi connectivity index (χ1) is 12.7. The highest BCUT2D eigenvalue weighted by molar-refractivity contribution is 5.77. The lowest BCUT2D eigenvalue weighted by Crippen LogP contribution is -2.27. The summed E-state index contributed by atoms with van der Waals surface area (Å²) in [6.07, 6.45) is 1.12. The van der Waals surface area contributed by atoms with Crippen LogP contribution in [0, 0.1) is 6.92 Å². The number of aromatic nitrogens is 2. The van der Waals surface area contributed by atoms with Crippen molar-refractivity contribution in [3.05, 3.63) is 53.9 Å². The van der Waals surface area contributed by atoms with Crippen LogP contribution in [0.25, 0.3) is 11.0 Å². The third kappa shape index (κ3) is 3.35. The van der Waals surface area contributed by atoms with Crippen molar-refractivity contribution in [2.24, 2.45) is 0 Å². The van der Waals surface area contributed by atoms with Gasteiger partial charge in [0.25, 0.3) is 0 Å². The zero-order chi connectivity index (χ0) is 17.9. The fraction of sp³-hybridized carbons (Fsp3) is 0.300. The molecule has 3 aromatic rings. The number of carbonyl (C=O) groups is 1. The Labute approximate surface area is 151 Å². The monoisotopic (exact) mass is 351 g/mol. The van der Waals surface area contributed by atoms with Crippen LogP contribution in [0.1, 0.15) is 17.8 Å². The molecule has 26 heavy (non-hydrogen) atoms. The van der Waals surface area contributed by atoms with E-state index < -0.39 is 0 Å². The molecule has 1 aromatic heterocycles. The first-order valence-corrected chi connectivity index (χ1v) is 8.78. The molecule has 1 aliphatic heterocycles. The number of carbonyl (C=O) groups excluding carboxylic acids is 1. The van der Waals surface area contributed by atoms with Crippen LogP contribution in [-0.2, 0) is 17.8 Å². The van der Waals surface area contributed by atoms with E-state index >= 15 is 0 Å². The summed E-state index contributed by atoms with van der Waals surface area (Å²) in [7, 11) is 0. The van der Waals surface area contributed by atoms with Crippen molar-refractivity contribution in [2.45, 2.75) is 26.3 Å². The highest BCUT2D eigenvalue weighted by Gasteiger charge is 2.13. The smallest absolute Gasteiger partial charge is 0.231 e. The maximum absolute atomic E-state index is 12.1. The van der Waals surface area contributed by atoms with E-state index in [9.17, 15) is 4.79 Å². The molecule has 0 atom stereocenters. The van der Waals surface area contributed by atoms with Crippen LogP contribution >= 0.6 is 0 Å². The molecule has 2 heterocycles. The summed E-state index contributed by atoms with van der Waals surface area (Å²) in [6.45, 7) is 3.55. The lowest BCUT2D eigenvalue weighted by molar-refractivity contribution is -0.121. The standard InChI is InChI=1S/C20H21N3O3/c1-14-22-16-4-2-3-5-17(16)23(14)11-10-21-20(24)9-7-15-6-8-18-19(12-15)26-13-25-18/h2-6,8,12H,7,9-11,13H2,1H3,(H,21,24). The van der Waals surface area contributed by atoms with Crippen molar-refractivity contribution < 1.29 is 14.3 Å². The van der Waals surface area contributed by atoms with Crippen molar-refractivity contribution in [2.75, 3.05) is 13.3 Å². The molecule has 1 amide bonds. The van der Waals surface area contributed by atoms with Gasteiger partial charge in [-0.05, 0) is 43.2 Å². The number of hydrogen-bond donors (Lipinski definition) is 1. The summed E-state index contributed by atoms with van der Waals surface area (Å²) in [5.74, 6) is 2.53. The van der Waals surface area contributed by atoms with E-state index in [1.807, 2.05) is 43.3 Å². The molecule has 0 radical (unpaired) electrons. The van der Waals surface area contributed by atoms with Gasteiger partial charge in [-0.3, -0.25) is 4.79 Å². The Morgan fingerprint density at radius 2 is 2.04 bits per heavy atom. The molecule has 134 valence electrons. The molecular weight excluding hydrogens is 330 g/mol. The number of nitrogens with zero attached hydrogens (tertiary/aromatic N) is 2. The Balaban J connectivity index is 1.28. The van der Waals surface area contributed by atoms with E-state index in [-0.39, 0.29) is 12.7 Å². The van der Waals surface area contributed by atoms with Crippen molar-refractivity contribution in [1.82, 2.24) is 14.9 Å². The molecule has 1 aliphatic rings. The van der Waals surface area contributed by atoms with E-state index in [0.29, 0.717) is 25.9 Å². The predicted molar refractivity (Wildman–Crippen MR) is 98.4 cm³/mol. The van der Waals surface area contributed by atoms with Gasteiger partial charge >= 0.3 is 0 Å². The van der Waals surface area contributed by atoms with E-state index in [0.717, 1.165) is 33.9 Å². The molecule has 2 aromatic carbocycles. The minimum absolute atomic E-state index is 0.0461. The van der Waals surface area contributed by atoms with E-state index in [1.165, 1.54) is 0 Å². The number of rotatable bonds is 6. The van der Waals surface area contributed by atoms with E-state index in [4.69, 9.17) is 9.47 Å². The van der Waals surface area contributed by atoms with Gasteiger partial charge in [0.15, 0.2) is 11.5 Å². The Morgan fingerprint density at radius 3 is 2.96 bits per heavy atom. The van der Waals surface area contributed by atoms with Crippen LogP contribution in [0.5, 0.6) is 11.5 Å². The Morgan fingerprint density at radius 1 is 1.19 bits per heavy atom. The van der Waals surface area contributed by atoms with Crippen LogP contribution in [0.3, 0.4) is 0 Å². The molecule has 0 bridgehead atoms. The number of amides is 1. The van der Waals surface area contributed by atoms with Gasteiger partial charge in [0.2, 0.25) is 12.7 Å². The molecule has 0 spiro atoms. The zero-order valence-electron chi connectivity index (χ0n) is 14.7. The maximum atomic E-state index is 12.1. The first-order valence-electron chi connectivity index (χ1n) is 8.78. The molecule has 6 nitrogen and oxygen atoms in total. The topological polar surface area (TPSA) is 65.4 Å². The molecule has 0 saturated heterocycles. The number of aryl methyl sites for hydroxylation is 2. The van der Waals surface area contributed by atoms with Crippen molar-refractivity contribution in [1.29, 1.82) is 0 Å². The minimum atomic E-state index is 0.0461. The predicted octanol–water partition coefficient (Wildman–Crippen LogP) is 2.82. The highest BCUT2D eigenvalue weighted by atomic mass is 16.7. The first kappa shape index (κ1) is 16.4. The number of fused-ring (bicyclic) bond motifs is 2. The van der Waals surface area contributed by atoms with Gasteiger partial charge in [-0.25, -0.2) is 4.98 Å². The average Bonchev–Trinajstić information content (AvgIpc) is 3.24. The summed E-state index contributed by atoms with van der Waals surface area (Å²) >= 11 is 0. The molecule has 1 N–H and O–H groups in total. The molecular formula is C20H21N3O3. The van der Waals surface area contributed by atoms with Crippen molar-refractivity contribution in [3.8, 4) is 11.5 Å². The van der Waals surface area contributed by atoms with E-state index in [1.54, 1.807) is 0 Å². The lowest BCUT2D eigenvalue weighted by Gasteiger charge is -2.09. The number of benzene rings is 2. The largest absolute Gasteiger partial charge is 0.454 e. The second kappa shape index (κ2) is 7.07. The second-order valence-electron chi connectivity index (χ2n) is 6.34. The normalized spacial score (nSPS) is 12.5. The third-order valence-corrected chi connectivity index (χ3v) is 4.58. The summed E-state index contributed by atoms with van der Waals surface area (Å²) in [6, 6.07) is 13.8. The van der Waals surface area contributed by atoms with Crippen LogP contribution in [-0.4, -0.2) is 28.8 Å². The Kier molecular flexibility index (Phi) is 4.48. The number of para-hydroxylation sites is 2. The van der Waals surface area contributed by atoms with Crippen LogP contribution in [0.4, 0.5) is 0 Å². The molecule has 4 rings (SSSR count). The van der Waals surface area contributed by atoms with Crippen LogP contribution in [0.2, 0.25) is 0 Å². The fourth-order valence-corrected chi connectivity index (χ4v) is 3.23. The van der Waals surface area contributed by atoms with Crippen molar-refractivity contribution >= 4 is 16.9 Å². The summed E-state index contributed by atoms with van der Waals surface area (Å²) in [5, 5.41) is 2.99. The molecule has 0 fully saturated rings. The number of hydrogen-bond acceptors (Lipinski definition) is 4. The van der Waals surface area contributed by atoms with Gasteiger partial charge in [-0.15, -0.1) is 0 Å². The highest BCUT2D eigenvalue weighted by Crippen LogP contribution is 2.32. The molecule has 0 aliphatic carbocycles. The molecule has 0 unspecified atom stereocenters. The SMILES string of the molecule is Cc1nc2ccccc2n1CCNC(=O)CCc1ccc2c(c1)OCO2. The average molecular weight is 351 g/mol. The zero-order valence-corrected chi connectivity index (χ0v) is 14.7. The maximum Gasteiger partial charge on any atom is 0.231 e. The minimum Gasteiger partial charge on any atom is -0.454 e. The van der Waals surface area contributed by atoms with Gasteiger partial charge in [-0.2, -0.15) is 0 Å². The second-order valence-corrected chi connectivity index (χ2v) is 6.34. The summed E-state index contributed by atoms with van der Waals surface area (Å²) in [4.78, 5) is 16.7. The van der Waals surface area contributed by atoms with Gasteiger partial charge in [0.1, 0.15) is 5.82 Å². The quantitative estimate of drug-likeness (QED) is 0.742. The van der Waals surface area contributed by atoms with E-state index in [2.05, 4.69) is 20.9 Å². The van der Waals surface area contributed by atoms with Crippen LogP contribution < -0.4 is 14.8 Å². The molecule has 6 heteroatoms. The lowest BCUT2D eigenvalue weighted by atomic mass is 10.1. The fourth-order valence-electron chi connectivity index (χ4n) is 3.23.